The van der Waals surface area contributed by atoms with Crippen molar-refractivity contribution >= 4 is 11.9 Å². The molecule has 9 heteroatoms. The van der Waals surface area contributed by atoms with Gasteiger partial charge in [0.15, 0.2) is 0 Å². The van der Waals surface area contributed by atoms with Crippen LogP contribution in [0.3, 0.4) is 0 Å². The fourth-order valence-corrected chi connectivity index (χ4v) is 4.54. The van der Waals surface area contributed by atoms with E-state index in [4.69, 9.17) is 14.4 Å². The Hall–Kier alpha value is -2.65. The molecule has 0 radical (unpaired) electrons. The quantitative estimate of drug-likeness (QED) is 0.370. The second-order valence-corrected chi connectivity index (χ2v) is 9.91. The van der Waals surface area contributed by atoms with Gasteiger partial charge in [0.05, 0.1) is 19.3 Å². The number of carbonyl (C=O) groups is 1. The molecule has 1 atom stereocenters. The molecule has 1 aliphatic heterocycles. The fourth-order valence-electron chi connectivity index (χ4n) is 4.54. The number of aliphatic hydroxyl groups is 2. The van der Waals surface area contributed by atoms with Crippen LogP contribution in [0.2, 0.25) is 0 Å². The molecule has 1 saturated heterocycles. The number of hydrogen-bond acceptors (Lipinski definition) is 8. The molecule has 4 rings (SSSR count). The van der Waals surface area contributed by atoms with Gasteiger partial charge < -0.3 is 29.7 Å². The first-order valence-corrected chi connectivity index (χ1v) is 12.9. The van der Waals surface area contributed by atoms with Crippen LogP contribution in [0.1, 0.15) is 66.8 Å². The third-order valence-corrected chi connectivity index (χ3v) is 7.00. The zero-order chi connectivity index (χ0) is 24.6. The van der Waals surface area contributed by atoms with Crippen LogP contribution in [0.25, 0.3) is 0 Å². The summed E-state index contributed by atoms with van der Waals surface area (Å²) in [5.41, 5.74) is 1.34. The van der Waals surface area contributed by atoms with Crippen molar-refractivity contribution in [2.45, 2.75) is 64.4 Å². The average Bonchev–Trinajstić information content (AvgIpc) is 3.59. The summed E-state index contributed by atoms with van der Waals surface area (Å²) < 4.78 is 11.4. The molecule has 2 aliphatic rings. The minimum Gasteiger partial charge on any atom is -0.494 e. The molecule has 3 N–H and O–H groups in total. The number of hydrogen-bond donors (Lipinski definition) is 3. The summed E-state index contributed by atoms with van der Waals surface area (Å²) in [6.45, 7) is 4.06. The fraction of sp³-hybridized carbons (Fsp3) is 0.654. The maximum atomic E-state index is 12.2. The summed E-state index contributed by atoms with van der Waals surface area (Å²) in [6.07, 6.45) is 8.17. The molecule has 0 bridgehead atoms. The van der Waals surface area contributed by atoms with Gasteiger partial charge in [-0.1, -0.05) is 12.8 Å². The Morgan fingerprint density at radius 2 is 2.00 bits per heavy atom. The topological polar surface area (TPSA) is 121 Å². The first-order chi connectivity index (χ1) is 17.0. The van der Waals surface area contributed by atoms with Gasteiger partial charge in [-0.3, -0.25) is 4.79 Å². The summed E-state index contributed by atoms with van der Waals surface area (Å²) in [4.78, 5) is 19.1. The van der Waals surface area contributed by atoms with E-state index in [9.17, 15) is 9.90 Å². The monoisotopic (exact) mass is 486 g/mol. The van der Waals surface area contributed by atoms with Crippen LogP contribution >= 0.6 is 0 Å². The van der Waals surface area contributed by atoms with E-state index < -0.39 is 6.10 Å². The smallest absolute Gasteiger partial charge is 0.266 e. The van der Waals surface area contributed by atoms with E-state index in [1.807, 2.05) is 13.0 Å². The molecular formula is C26H38N4O5. The number of aryl methyl sites for hydroxylation is 2. The summed E-state index contributed by atoms with van der Waals surface area (Å²) in [5, 5.41) is 25.1. The van der Waals surface area contributed by atoms with E-state index in [2.05, 4.69) is 20.4 Å². The molecule has 35 heavy (non-hydrogen) atoms. The minimum atomic E-state index is -0.956. The van der Waals surface area contributed by atoms with Crippen LogP contribution < -0.4 is 15.0 Å². The molecule has 2 aromatic rings. The lowest BCUT2D eigenvalue weighted by atomic mass is 9.92. The van der Waals surface area contributed by atoms with E-state index in [0.717, 1.165) is 74.3 Å². The van der Waals surface area contributed by atoms with Gasteiger partial charge in [0, 0.05) is 31.6 Å². The molecule has 0 spiro atoms. The van der Waals surface area contributed by atoms with E-state index in [-0.39, 0.29) is 19.1 Å². The van der Waals surface area contributed by atoms with E-state index >= 15 is 0 Å². The van der Waals surface area contributed by atoms with E-state index in [1.54, 1.807) is 12.1 Å². The second-order valence-electron chi connectivity index (χ2n) is 9.91. The van der Waals surface area contributed by atoms with Gasteiger partial charge in [-0.2, -0.15) is 4.98 Å². The van der Waals surface area contributed by atoms with Crippen LogP contribution in [-0.2, 0) is 6.42 Å². The van der Waals surface area contributed by atoms with Gasteiger partial charge in [0.25, 0.3) is 11.9 Å². The molecule has 1 aromatic heterocycles. The highest BCUT2D eigenvalue weighted by Gasteiger charge is 2.24. The highest BCUT2D eigenvalue weighted by atomic mass is 16.5. The standard InChI is InChI=1S/C26H38N4O5/c1-18-15-22(7-8-23(18)25(33)27-16-21(32)17-31)34-14-2-3-19-10-12-30(13-11-19)26-28-24(35-29-26)9-6-20-4-5-20/h7-8,15,19-21,31-32H,2-6,9-14,16-17H2,1H3,(H,27,33)/t21-/m0/s1. The normalized spacial score (nSPS) is 17.4. The Morgan fingerprint density at radius 3 is 2.71 bits per heavy atom. The number of benzene rings is 1. The van der Waals surface area contributed by atoms with Gasteiger partial charge in [-0.25, -0.2) is 0 Å². The second kappa shape index (κ2) is 12.4. The van der Waals surface area contributed by atoms with Crippen molar-refractivity contribution in [2.24, 2.45) is 11.8 Å². The predicted octanol–water partition coefficient (Wildman–Crippen LogP) is 2.88. The summed E-state index contributed by atoms with van der Waals surface area (Å²) in [7, 11) is 0. The van der Waals surface area contributed by atoms with Crippen molar-refractivity contribution in [3.63, 3.8) is 0 Å². The number of anilines is 1. The van der Waals surface area contributed by atoms with Crippen molar-refractivity contribution < 1.29 is 24.3 Å². The number of ether oxygens (including phenoxy) is 1. The first kappa shape index (κ1) is 25.4. The summed E-state index contributed by atoms with van der Waals surface area (Å²) in [5.74, 6) is 3.55. The number of amides is 1. The Bertz CT molecular complexity index is 953. The van der Waals surface area contributed by atoms with Crippen LogP contribution in [-0.4, -0.2) is 65.2 Å². The predicted molar refractivity (Wildman–Crippen MR) is 132 cm³/mol. The van der Waals surface area contributed by atoms with Crippen molar-refractivity contribution in [3.05, 3.63) is 35.2 Å². The molecule has 9 nitrogen and oxygen atoms in total. The Morgan fingerprint density at radius 1 is 1.23 bits per heavy atom. The molecule has 0 unspecified atom stereocenters. The minimum absolute atomic E-state index is 0.0163. The zero-order valence-corrected chi connectivity index (χ0v) is 20.6. The van der Waals surface area contributed by atoms with Crippen LogP contribution in [0.4, 0.5) is 5.95 Å². The number of piperidine rings is 1. The molecule has 1 saturated carbocycles. The molecule has 192 valence electrons. The maximum Gasteiger partial charge on any atom is 0.266 e. The number of rotatable bonds is 13. The molecule has 2 fully saturated rings. The maximum absolute atomic E-state index is 12.2. The van der Waals surface area contributed by atoms with Gasteiger partial charge in [0.2, 0.25) is 5.89 Å². The van der Waals surface area contributed by atoms with Gasteiger partial charge in [0.1, 0.15) is 5.75 Å². The Kier molecular flexibility index (Phi) is 8.98. The van der Waals surface area contributed by atoms with Crippen molar-refractivity contribution in [2.75, 3.05) is 37.7 Å². The van der Waals surface area contributed by atoms with Crippen molar-refractivity contribution in [3.8, 4) is 5.75 Å². The van der Waals surface area contributed by atoms with Crippen molar-refractivity contribution in [1.82, 2.24) is 15.5 Å². The first-order valence-electron chi connectivity index (χ1n) is 12.9. The molecular weight excluding hydrogens is 448 g/mol. The largest absolute Gasteiger partial charge is 0.494 e. The Labute approximate surface area is 206 Å². The van der Waals surface area contributed by atoms with Gasteiger partial charge in [-0.05, 0) is 79.8 Å². The Balaban J connectivity index is 1.12. The highest BCUT2D eigenvalue weighted by Crippen LogP contribution is 2.33. The summed E-state index contributed by atoms with van der Waals surface area (Å²) in [6, 6.07) is 5.39. The molecule has 1 aliphatic carbocycles. The number of nitrogens with one attached hydrogen (secondary N) is 1. The number of nitrogens with zero attached hydrogens (tertiary/aromatic N) is 3. The SMILES string of the molecule is Cc1cc(OCCCC2CCN(c3noc(CCC4CC4)n3)CC2)ccc1C(=O)NC[C@H](O)CO. The van der Waals surface area contributed by atoms with Crippen molar-refractivity contribution in [1.29, 1.82) is 0 Å². The van der Waals surface area contributed by atoms with Gasteiger partial charge in [-0.15, -0.1) is 0 Å². The van der Waals surface area contributed by atoms with Crippen LogP contribution in [0.15, 0.2) is 22.7 Å². The lowest BCUT2D eigenvalue weighted by Crippen LogP contribution is -2.34. The van der Waals surface area contributed by atoms with Crippen LogP contribution in [0.5, 0.6) is 5.75 Å². The lowest BCUT2D eigenvalue weighted by molar-refractivity contribution is 0.0801. The number of aromatic nitrogens is 2. The molecule has 1 aromatic carbocycles. The highest BCUT2D eigenvalue weighted by molar-refractivity contribution is 5.95. The van der Waals surface area contributed by atoms with E-state index in [1.165, 1.54) is 19.3 Å². The average molecular weight is 487 g/mol. The van der Waals surface area contributed by atoms with Gasteiger partial charge >= 0.3 is 0 Å². The molecule has 1 amide bonds. The lowest BCUT2D eigenvalue weighted by Gasteiger charge is -2.30. The molecule has 2 heterocycles. The van der Waals surface area contributed by atoms with Crippen LogP contribution in [0, 0.1) is 18.8 Å². The number of aliphatic hydroxyl groups excluding tert-OH is 2. The third-order valence-electron chi connectivity index (χ3n) is 7.00. The number of carbonyl (C=O) groups excluding carboxylic acids is 1. The third kappa shape index (κ3) is 7.67. The van der Waals surface area contributed by atoms with E-state index in [0.29, 0.717) is 18.1 Å². The zero-order valence-electron chi connectivity index (χ0n) is 20.6. The summed E-state index contributed by atoms with van der Waals surface area (Å²) >= 11 is 0.